The van der Waals surface area contributed by atoms with Crippen LogP contribution in [-0.4, -0.2) is 0 Å². The van der Waals surface area contributed by atoms with Gasteiger partial charge in [0, 0.05) is 12.2 Å². The number of aryl methyl sites for hydroxylation is 1. The van der Waals surface area contributed by atoms with E-state index < -0.39 is 0 Å². The molecule has 0 unspecified atom stereocenters. The SMILES string of the molecule is CCc1ccc(NCc2ccccc2)cc1. The molecular formula is C15H17N. The van der Waals surface area contributed by atoms with Crippen LogP contribution in [0.15, 0.2) is 54.6 Å². The van der Waals surface area contributed by atoms with E-state index in [1.54, 1.807) is 0 Å². The molecule has 0 aliphatic carbocycles. The highest BCUT2D eigenvalue weighted by molar-refractivity contribution is 5.45. The smallest absolute Gasteiger partial charge is 0.0400 e. The topological polar surface area (TPSA) is 12.0 Å². The predicted octanol–water partition coefficient (Wildman–Crippen LogP) is 3.86. The lowest BCUT2D eigenvalue weighted by molar-refractivity contribution is 1.12. The summed E-state index contributed by atoms with van der Waals surface area (Å²) in [6.07, 6.45) is 1.10. The normalized spacial score (nSPS) is 10.1. The molecule has 16 heavy (non-hydrogen) atoms. The molecule has 82 valence electrons. The predicted molar refractivity (Wildman–Crippen MR) is 69.6 cm³/mol. The summed E-state index contributed by atoms with van der Waals surface area (Å²) < 4.78 is 0. The van der Waals surface area contributed by atoms with Crippen LogP contribution in [0.3, 0.4) is 0 Å². The zero-order valence-corrected chi connectivity index (χ0v) is 9.61. The summed E-state index contributed by atoms with van der Waals surface area (Å²) in [6.45, 7) is 3.05. The molecule has 2 aromatic rings. The Morgan fingerprint density at radius 1 is 0.812 bits per heavy atom. The average molecular weight is 211 g/mol. The van der Waals surface area contributed by atoms with Crippen LogP contribution in [0, 0.1) is 0 Å². The highest BCUT2D eigenvalue weighted by Crippen LogP contribution is 2.11. The molecule has 0 heterocycles. The van der Waals surface area contributed by atoms with E-state index in [2.05, 4.69) is 60.8 Å². The number of hydrogen-bond donors (Lipinski definition) is 1. The summed E-state index contributed by atoms with van der Waals surface area (Å²) in [5.74, 6) is 0. The lowest BCUT2D eigenvalue weighted by Crippen LogP contribution is -1.98. The molecule has 1 N–H and O–H groups in total. The van der Waals surface area contributed by atoms with Gasteiger partial charge in [-0.3, -0.25) is 0 Å². The molecule has 0 radical (unpaired) electrons. The van der Waals surface area contributed by atoms with Gasteiger partial charge in [-0.15, -0.1) is 0 Å². The van der Waals surface area contributed by atoms with E-state index in [9.17, 15) is 0 Å². The van der Waals surface area contributed by atoms with Gasteiger partial charge in [-0.2, -0.15) is 0 Å². The summed E-state index contributed by atoms with van der Waals surface area (Å²) in [4.78, 5) is 0. The van der Waals surface area contributed by atoms with Crippen molar-refractivity contribution in [3.05, 3.63) is 65.7 Å². The van der Waals surface area contributed by atoms with Crippen molar-refractivity contribution in [2.75, 3.05) is 5.32 Å². The number of hydrogen-bond acceptors (Lipinski definition) is 1. The van der Waals surface area contributed by atoms with Crippen molar-refractivity contribution < 1.29 is 0 Å². The van der Waals surface area contributed by atoms with E-state index in [1.807, 2.05) is 6.07 Å². The van der Waals surface area contributed by atoms with Crippen LogP contribution in [0.25, 0.3) is 0 Å². The number of anilines is 1. The first-order valence-electron chi connectivity index (χ1n) is 5.75. The number of rotatable bonds is 4. The van der Waals surface area contributed by atoms with Crippen LogP contribution in [-0.2, 0) is 13.0 Å². The highest BCUT2D eigenvalue weighted by Gasteiger charge is 1.93. The molecule has 1 heteroatoms. The fraction of sp³-hybridized carbons (Fsp3) is 0.200. The Balaban J connectivity index is 1.94. The second-order valence-electron chi connectivity index (χ2n) is 3.89. The Hall–Kier alpha value is -1.76. The third kappa shape index (κ3) is 2.86. The van der Waals surface area contributed by atoms with Crippen LogP contribution in [0.1, 0.15) is 18.1 Å². The fourth-order valence-corrected chi connectivity index (χ4v) is 1.66. The summed E-state index contributed by atoms with van der Waals surface area (Å²) >= 11 is 0. The lowest BCUT2D eigenvalue weighted by Gasteiger charge is -2.07. The molecule has 2 aromatic carbocycles. The lowest BCUT2D eigenvalue weighted by atomic mass is 10.1. The summed E-state index contributed by atoms with van der Waals surface area (Å²) in [5.41, 5.74) is 3.87. The monoisotopic (exact) mass is 211 g/mol. The molecular weight excluding hydrogens is 194 g/mol. The summed E-state index contributed by atoms with van der Waals surface area (Å²) in [6, 6.07) is 19.1. The van der Waals surface area contributed by atoms with Gasteiger partial charge in [0.2, 0.25) is 0 Å². The standard InChI is InChI=1S/C15H17N/c1-2-13-8-10-15(11-9-13)16-12-14-6-4-3-5-7-14/h3-11,16H,2,12H2,1H3. The van der Waals surface area contributed by atoms with E-state index in [1.165, 1.54) is 16.8 Å². The highest BCUT2D eigenvalue weighted by atomic mass is 14.9. The largest absolute Gasteiger partial charge is 0.381 e. The summed E-state index contributed by atoms with van der Waals surface area (Å²) in [5, 5.41) is 3.41. The molecule has 0 saturated carbocycles. The molecule has 2 rings (SSSR count). The third-order valence-electron chi connectivity index (χ3n) is 2.70. The second kappa shape index (κ2) is 5.36. The number of nitrogens with one attached hydrogen (secondary N) is 1. The van der Waals surface area contributed by atoms with Gasteiger partial charge in [0.15, 0.2) is 0 Å². The van der Waals surface area contributed by atoms with E-state index in [4.69, 9.17) is 0 Å². The quantitative estimate of drug-likeness (QED) is 0.809. The summed E-state index contributed by atoms with van der Waals surface area (Å²) in [7, 11) is 0. The maximum absolute atomic E-state index is 3.41. The fourth-order valence-electron chi connectivity index (χ4n) is 1.66. The van der Waals surface area contributed by atoms with Crippen LogP contribution in [0.2, 0.25) is 0 Å². The average Bonchev–Trinajstić information content (AvgIpc) is 2.38. The number of benzene rings is 2. The maximum Gasteiger partial charge on any atom is 0.0400 e. The van der Waals surface area contributed by atoms with Crippen molar-refractivity contribution in [1.82, 2.24) is 0 Å². The van der Waals surface area contributed by atoms with Gasteiger partial charge in [-0.05, 0) is 29.7 Å². The Morgan fingerprint density at radius 2 is 1.50 bits per heavy atom. The van der Waals surface area contributed by atoms with Crippen molar-refractivity contribution in [3.8, 4) is 0 Å². The van der Waals surface area contributed by atoms with Crippen molar-refractivity contribution in [2.45, 2.75) is 19.9 Å². The van der Waals surface area contributed by atoms with E-state index in [-0.39, 0.29) is 0 Å². The second-order valence-corrected chi connectivity index (χ2v) is 3.89. The Labute approximate surface area is 97.1 Å². The van der Waals surface area contributed by atoms with Crippen molar-refractivity contribution in [1.29, 1.82) is 0 Å². The van der Waals surface area contributed by atoms with Crippen molar-refractivity contribution >= 4 is 5.69 Å². The Kier molecular flexibility index (Phi) is 3.60. The van der Waals surface area contributed by atoms with Gasteiger partial charge in [0.1, 0.15) is 0 Å². The molecule has 0 atom stereocenters. The third-order valence-corrected chi connectivity index (χ3v) is 2.70. The molecule has 0 aromatic heterocycles. The van der Waals surface area contributed by atoms with E-state index in [0.29, 0.717) is 0 Å². The van der Waals surface area contributed by atoms with Crippen molar-refractivity contribution in [2.24, 2.45) is 0 Å². The van der Waals surface area contributed by atoms with Crippen LogP contribution in [0.4, 0.5) is 5.69 Å². The first-order chi connectivity index (χ1) is 7.88. The molecule has 0 aliphatic heterocycles. The van der Waals surface area contributed by atoms with Gasteiger partial charge in [-0.25, -0.2) is 0 Å². The van der Waals surface area contributed by atoms with E-state index >= 15 is 0 Å². The van der Waals surface area contributed by atoms with Crippen LogP contribution in [0.5, 0.6) is 0 Å². The minimum atomic E-state index is 0.881. The maximum atomic E-state index is 3.41. The molecule has 1 nitrogen and oxygen atoms in total. The van der Waals surface area contributed by atoms with Gasteiger partial charge in [0.05, 0.1) is 0 Å². The van der Waals surface area contributed by atoms with E-state index in [0.717, 1.165) is 13.0 Å². The minimum Gasteiger partial charge on any atom is -0.381 e. The first kappa shape index (κ1) is 10.7. The molecule has 0 aliphatic rings. The van der Waals surface area contributed by atoms with Gasteiger partial charge in [0.25, 0.3) is 0 Å². The van der Waals surface area contributed by atoms with Gasteiger partial charge >= 0.3 is 0 Å². The minimum absolute atomic E-state index is 0.881. The first-order valence-corrected chi connectivity index (χ1v) is 5.75. The van der Waals surface area contributed by atoms with Crippen LogP contribution >= 0.6 is 0 Å². The molecule has 0 fully saturated rings. The Morgan fingerprint density at radius 3 is 2.12 bits per heavy atom. The van der Waals surface area contributed by atoms with Gasteiger partial charge < -0.3 is 5.32 Å². The zero-order chi connectivity index (χ0) is 11.2. The van der Waals surface area contributed by atoms with Crippen LogP contribution < -0.4 is 5.32 Å². The molecule has 0 bridgehead atoms. The van der Waals surface area contributed by atoms with Crippen molar-refractivity contribution in [3.63, 3.8) is 0 Å². The zero-order valence-electron chi connectivity index (χ0n) is 9.61. The Bertz CT molecular complexity index is 417. The molecule has 0 saturated heterocycles. The van der Waals surface area contributed by atoms with Gasteiger partial charge in [-0.1, -0.05) is 49.4 Å². The molecule has 0 amide bonds. The molecule has 0 spiro atoms.